The summed E-state index contributed by atoms with van der Waals surface area (Å²) in [7, 11) is 1.60. The highest BCUT2D eigenvalue weighted by Gasteiger charge is 2.05. The van der Waals surface area contributed by atoms with Crippen LogP contribution in [0.25, 0.3) is 0 Å². The maximum absolute atomic E-state index is 11.9. The number of ether oxygens (including phenoxy) is 1. The van der Waals surface area contributed by atoms with Gasteiger partial charge in [-0.05, 0) is 29.3 Å². The summed E-state index contributed by atoms with van der Waals surface area (Å²) < 4.78 is 5.12. The Labute approximate surface area is 117 Å². The summed E-state index contributed by atoms with van der Waals surface area (Å²) in [4.78, 5) is 16.0. The number of nitrogens with one attached hydrogen (secondary N) is 1. The van der Waals surface area contributed by atoms with Crippen molar-refractivity contribution in [3.63, 3.8) is 0 Å². The van der Waals surface area contributed by atoms with Crippen molar-refractivity contribution in [2.24, 2.45) is 5.73 Å². The van der Waals surface area contributed by atoms with E-state index in [-0.39, 0.29) is 12.3 Å². The average molecular weight is 271 g/mol. The molecule has 2 aromatic rings. The first-order valence-corrected chi connectivity index (χ1v) is 6.29. The number of amides is 1. The second-order valence-corrected chi connectivity index (χ2v) is 4.33. The molecule has 0 bridgehead atoms. The fourth-order valence-electron chi connectivity index (χ4n) is 1.77. The van der Waals surface area contributed by atoms with Crippen molar-refractivity contribution in [3.05, 3.63) is 53.7 Å². The first kappa shape index (κ1) is 14.0. The number of benzene rings is 1. The summed E-state index contributed by atoms with van der Waals surface area (Å²) in [6, 6.07) is 11.0. The van der Waals surface area contributed by atoms with E-state index in [1.54, 1.807) is 19.4 Å². The lowest BCUT2D eigenvalue weighted by Crippen LogP contribution is -2.15. The lowest BCUT2D eigenvalue weighted by Gasteiger charge is -2.06. The van der Waals surface area contributed by atoms with Crippen molar-refractivity contribution in [2.45, 2.75) is 13.0 Å². The van der Waals surface area contributed by atoms with Gasteiger partial charge >= 0.3 is 0 Å². The fourth-order valence-corrected chi connectivity index (χ4v) is 1.77. The molecular formula is C15H17N3O2. The number of carbonyl (C=O) groups excluding carboxylic acids is 1. The van der Waals surface area contributed by atoms with Crippen LogP contribution in [0.2, 0.25) is 0 Å². The molecule has 1 heterocycles. The van der Waals surface area contributed by atoms with Gasteiger partial charge in [-0.1, -0.05) is 18.2 Å². The van der Waals surface area contributed by atoms with Crippen molar-refractivity contribution in [1.82, 2.24) is 4.98 Å². The van der Waals surface area contributed by atoms with E-state index in [0.29, 0.717) is 12.4 Å². The minimum Gasteiger partial charge on any atom is -0.497 e. The van der Waals surface area contributed by atoms with Gasteiger partial charge in [0.1, 0.15) is 11.6 Å². The van der Waals surface area contributed by atoms with E-state index in [1.165, 1.54) is 0 Å². The molecular weight excluding hydrogens is 254 g/mol. The number of anilines is 1. The molecule has 1 amide bonds. The molecule has 3 N–H and O–H groups in total. The summed E-state index contributed by atoms with van der Waals surface area (Å²) in [6.07, 6.45) is 1.93. The summed E-state index contributed by atoms with van der Waals surface area (Å²) in [6.45, 7) is 0.436. The molecule has 0 unspecified atom stereocenters. The quantitative estimate of drug-likeness (QED) is 0.868. The first-order valence-electron chi connectivity index (χ1n) is 6.29. The highest BCUT2D eigenvalue weighted by atomic mass is 16.5. The van der Waals surface area contributed by atoms with Gasteiger partial charge in [0.25, 0.3) is 0 Å². The zero-order valence-corrected chi connectivity index (χ0v) is 11.3. The van der Waals surface area contributed by atoms with Gasteiger partial charge in [-0.2, -0.15) is 0 Å². The van der Waals surface area contributed by atoms with Gasteiger partial charge in [-0.25, -0.2) is 4.98 Å². The molecule has 0 saturated heterocycles. The standard InChI is InChI=1S/C15H17N3O2/c1-20-13-4-2-3-11(7-13)8-15(19)18-14-6-5-12(9-16)10-17-14/h2-7,10H,8-9,16H2,1H3,(H,17,18,19). The number of pyridine rings is 1. The Morgan fingerprint density at radius 3 is 2.80 bits per heavy atom. The molecule has 0 fully saturated rings. The Kier molecular flexibility index (Phi) is 4.68. The van der Waals surface area contributed by atoms with E-state index in [0.717, 1.165) is 16.9 Å². The maximum Gasteiger partial charge on any atom is 0.229 e. The van der Waals surface area contributed by atoms with Crippen molar-refractivity contribution >= 4 is 11.7 Å². The van der Waals surface area contributed by atoms with Crippen molar-refractivity contribution in [1.29, 1.82) is 0 Å². The van der Waals surface area contributed by atoms with Gasteiger partial charge in [0, 0.05) is 12.7 Å². The van der Waals surface area contributed by atoms with E-state index < -0.39 is 0 Å². The van der Waals surface area contributed by atoms with Gasteiger partial charge in [0.15, 0.2) is 0 Å². The number of nitrogens with zero attached hydrogens (tertiary/aromatic N) is 1. The van der Waals surface area contributed by atoms with Crippen LogP contribution in [0.15, 0.2) is 42.6 Å². The Hall–Kier alpha value is -2.40. The molecule has 20 heavy (non-hydrogen) atoms. The zero-order valence-electron chi connectivity index (χ0n) is 11.3. The van der Waals surface area contributed by atoms with E-state index in [9.17, 15) is 4.79 Å². The van der Waals surface area contributed by atoms with E-state index in [2.05, 4.69) is 10.3 Å². The summed E-state index contributed by atoms with van der Waals surface area (Å²) in [5.74, 6) is 1.14. The third-order valence-electron chi connectivity index (χ3n) is 2.83. The van der Waals surface area contributed by atoms with Crippen LogP contribution in [-0.2, 0) is 17.8 Å². The lowest BCUT2D eigenvalue weighted by molar-refractivity contribution is -0.115. The predicted molar refractivity (Wildman–Crippen MR) is 77.5 cm³/mol. The van der Waals surface area contributed by atoms with Crippen LogP contribution < -0.4 is 15.8 Å². The third kappa shape index (κ3) is 3.80. The largest absolute Gasteiger partial charge is 0.497 e. The molecule has 0 aliphatic rings. The molecule has 0 atom stereocenters. The second-order valence-electron chi connectivity index (χ2n) is 4.33. The second kappa shape index (κ2) is 6.68. The smallest absolute Gasteiger partial charge is 0.229 e. The minimum absolute atomic E-state index is 0.119. The molecule has 2 rings (SSSR count). The molecule has 0 spiro atoms. The molecule has 1 aromatic heterocycles. The van der Waals surface area contributed by atoms with Crippen molar-refractivity contribution in [3.8, 4) is 5.75 Å². The fraction of sp³-hybridized carbons (Fsp3) is 0.200. The molecule has 5 nitrogen and oxygen atoms in total. The lowest BCUT2D eigenvalue weighted by atomic mass is 10.1. The topological polar surface area (TPSA) is 77.2 Å². The van der Waals surface area contributed by atoms with Crippen LogP contribution in [-0.4, -0.2) is 18.0 Å². The van der Waals surface area contributed by atoms with Crippen molar-refractivity contribution < 1.29 is 9.53 Å². The summed E-state index contributed by atoms with van der Waals surface area (Å²) >= 11 is 0. The van der Waals surface area contributed by atoms with Gasteiger partial charge in [-0.3, -0.25) is 4.79 Å². The van der Waals surface area contributed by atoms with Gasteiger partial charge in [0.05, 0.1) is 13.5 Å². The maximum atomic E-state index is 11.9. The Morgan fingerprint density at radius 2 is 2.15 bits per heavy atom. The Balaban J connectivity index is 1.97. The molecule has 1 aromatic carbocycles. The molecule has 0 aliphatic carbocycles. The molecule has 104 valence electrons. The predicted octanol–water partition coefficient (Wildman–Crippen LogP) is 1.73. The SMILES string of the molecule is COc1cccc(CC(=O)Nc2ccc(CN)cn2)c1. The van der Waals surface area contributed by atoms with Crippen LogP contribution >= 0.6 is 0 Å². The zero-order chi connectivity index (χ0) is 14.4. The van der Waals surface area contributed by atoms with Crippen LogP contribution in [0.4, 0.5) is 5.82 Å². The van der Waals surface area contributed by atoms with E-state index in [1.807, 2.05) is 30.3 Å². The molecule has 0 aliphatic heterocycles. The Bertz CT molecular complexity index is 582. The summed E-state index contributed by atoms with van der Waals surface area (Å²) in [5.41, 5.74) is 7.31. The molecule has 0 radical (unpaired) electrons. The van der Waals surface area contributed by atoms with Crippen molar-refractivity contribution in [2.75, 3.05) is 12.4 Å². The first-order chi connectivity index (χ1) is 9.71. The number of rotatable bonds is 5. The van der Waals surface area contributed by atoms with Gasteiger partial charge in [-0.15, -0.1) is 0 Å². The number of methoxy groups -OCH3 is 1. The Morgan fingerprint density at radius 1 is 1.30 bits per heavy atom. The van der Waals surface area contributed by atoms with E-state index >= 15 is 0 Å². The number of hydrogen-bond acceptors (Lipinski definition) is 4. The monoisotopic (exact) mass is 271 g/mol. The number of aromatic nitrogens is 1. The number of nitrogens with two attached hydrogens (primary N) is 1. The third-order valence-corrected chi connectivity index (χ3v) is 2.83. The van der Waals surface area contributed by atoms with Gasteiger partial charge in [0.2, 0.25) is 5.91 Å². The number of hydrogen-bond donors (Lipinski definition) is 2. The highest BCUT2D eigenvalue weighted by Crippen LogP contribution is 2.13. The number of carbonyl (C=O) groups is 1. The average Bonchev–Trinajstić information content (AvgIpc) is 2.48. The van der Waals surface area contributed by atoms with E-state index in [4.69, 9.17) is 10.5 Å². The van der Waals surface area contributed by atoms with Crippen LogP contribution in [0.1, 0.15) is 11.1 Å². The molecule has 5 heteroatoms. The van der Waals surface area contributed by atoms with Crippen LogP contribution in [0.5, 0.6) is 5.75 Å². The van der Waals surface area contributed by atoms with Crippen LogP contribution in [0, 0.1) is 0 Å². The highest BCUT2D eigenvalue weighted by molar-refractivity contribution is 5.91. The molecule has 0 saturated carbocycles. The van der Waals surface area contributed by atoms with Crippen LogP contribution in [0.3, 0.4) is 0 Å². The summed E-state index contributed by atoms with van der Waals surface area (Å²) in [5, 5.41) is 2.75. The minimum atomic E-state index is -0.119. The normalized spacial score (nSPS) is 10.1. The van der Waals surface area contributed by atoms with Gasteiger partial charge < -0.3 is 15.8 Å².